The van der Waals surface area contributed by atoms with Crippen molar-refractivity contribution in [2.24, 2.45) is 0 Å². The molecule has 3 nitrogen and oxygen atoms in total. The Morgan fingerprint density at radius 3 is 2.59 bits per heavy atom. The summed E-state index contributed by atoms with van der Waals surface area (Å²) in [6.45, 7) is 8.36. The molecule has 1 aromatic rings. The molecule has 0 radical (unpaired) electrons. The Bertz CT molecular complexity index is 600. The molecule has 3 saturated heterocycles. The summed E-state index contributed by atoms with van der Waals surface area (Å²) >= 11 is 0. The van der Waals surface area contributed by atoms with Crippen LogP contribution < -0.4 is 0 Å². The lowest BCUT2D eigenvalue weighted by Gasteiger charge is -2.51. The molecule has 0 aliphatic carbocycles. The van der Waals surface area contributed by atoms with Gasteiger partial charge in [0.25, 0.3) is 0 Å². The summed E-state index contributed by atoms with van der Waals surface area (Å²) in [7, 11) is 0. The second-order valence-electron chi connectivity index (χ2n) is 9.77. The first-order valence-electron chi connectivity index (χ1n) is 11.3. The number of hydrogen-bond donors (Lipinski definition) is 1. The zero-order chi connectivity index (χ0) is 18.7. The SMILES string of the molecule is CC1(c2ccccc2)CCC2CC(O)(CCCN3CCCCC3)CCN2C1. The fourth-order valence-electron chi connectivity index (χ4n) is 5.83. The van der Waals surface area contributed by atoms with Gasteiger partial charge in [-0.05, 0) is 76.6 Å². The van der Waals surface area contributed by atoms with Crippen LogP contribution in [0.2, 0.25) is 0 Å². The molecule has 1 aromatic carbocycles. The molecule has 150 valence electrons. The predicted octanol–water partition coefficient (Wildman–Crippen LogP) is 4.20. The van der Waals surface area contributed by atoms with Gasteiger partial charge in [0, 0.05) is 24.5 Å². The quantitative estimate of drug-likeness (QED) is 0.841. The van der Waals surface area contributed by atoms with Crippen molar-refractivity contribution in [2.75, 3.05) is 32.7 Å². The highest BCUT2D eigenvalue weighted by molar-refractivity contribution is 5.26. The van der Waals surface area contributed by atoms with Gasteiger partial charge in [-0.25, -0.2) is 0 Å². The minimum atomic E-state index is -0.419. The predicted molar refractivity (Wildman–Crippen MR) is 112 cm³/mol. The molecule has 0 bridgehead atoms. The molecular formula is C24H38N2O. The van der Waals surface area contributed by atoms with E-state index in [0.717, 1.165) is 38.8 Å². The highest BCUT2D eigenvalue weighted by Gasteiger charge is 2.44. The van der Waals surface area contributed by atoms with E-state index >= 15 is 0 Å². The van der Waals surface area contributed by atoms with Gasteiger partial charge < -0.3 is 10.0 Å². The maximum atomic E-state index is 11.2. The maximum Gasteiger partial charge on any atom is 0.0675 e. The van der Waals surface area contributed by atoms with Crippen molar-refractivity contribution in [3.05, 3.63) is 35.9 Å². The van der Waals surface area contributed by atoms with Crippen LogP contribution in [0.15, 0.2) is 30.3 Å². The number of fused-ring (bicyclic) bond motifs is 1. The van der Waals surface area contributed by atoms with Crippen molar-refractivity contribution in [3.8, 4) is 0 Å². The first-order chi connectivity index (χ1) is 13.1. The van der Waals surface area contributed by atoms with Crippen LogP contribution in [0.25, 0.3) is 0 Å². The highest BCUT2D eigenvalue weighted by Crippen LogP contribution is 2.42. The van der Waals surface area contributed by atoms with E-state index in [1.165, 1.54) is 57.3 Å². The standard InChI is InChI=1S/C24H38N2O/c1-23(21-9-4-2-5-10-21)13-11-22-19-24(27,14-18-26(22)20-23)12-8-17-25-15-6-3-7-16-25/h2,4-5,9-10,22,27H,3,6-8,11-20H2,1H3. The van der Waals surface area contributed by atoms with E-state index in [0.29, 0.717) is 6.04 Å². The van der Waals surface area contributed by atoms with Crippen LogP contribution in [0.5, 0.6) is 0 Å². The number of rotatable bonds is 5. The zero-order valence-corrected chi connectivity index (χ0v) is 17.2. The molecule has 3 fully saturated rings. The number of nitrogens with zero attached hydrogens (tertiary/aromatic N) is 2. The largest absolute Gasteiger partial charge is 0.390 e. The van der Waals surface area contributed by atoms with Gasteiger partial charge in [0.15, 0.2) is 0 Å². The Hall–Kier alpha value is -0.900. The van der Waals surface area contributed by atoms with Crippen LogP contribution in [-0.2, 0) is 5.41 Å². The molecule has 3 unspecified atom stereocenters. The summed E-state index contributed by atoms with van der Waals surface area (Å²) in [5, 5.41) is 11.2. The van der Waals surface area contributed by atoms with Crippen LogP contribution in [0.3, 0.4) is 0 Å². The summed E-state index contributed by atoms with van der Waals surface area (Å²) in [6.07, 6.45) is 10.7. The van der Waals surface area contributed by atoms with Gasteiger partial charge >= 0.3 is 0 Å². The van der Waals surface area contributed by atoms with Gasteiger partial charge in [0.05, 0.1) is 5.60 Å². The Labute approximate surface area is 165 Å². The van der Waals surface area contributed by atoms with Gasteiger partial charge in [-0.3, -0.25) is 4.90 Å². The van der Waals surface area contributed by atoms with E-state index in [4.69, 9.17) is 0 Å². The van der Waals surface area contributed by atoms with E-state index < -0.39 is 5.60 Å². The molecule has 3 heteroatoms. The fourth-order valence-corrected chi connectivity index (χ4v) is 5.83. The molecule has 3 heterocycles. The lowest BCUT2D eigenvalue weighted by molar-refractivity contribution is -0.0728. The molecule has 0 aromatic heterocycles. The topological polar surface area (TPSA) is 26.7 Å². The number of aliphatic hydroxyl groups is 1. The second-order valence-corrected chi connectivity index (χ2v) is 9.77. The second kappa shape index (κ2) is 8.23. The number of hydrogen-bond acceptors (Lipinski definition) is 3. The average molecular weight is 371 g/mol. The molecule has 3 atom stereocenters. The maximum absolute atomic E-state index is 11.2. The van der Waals surface area contributed by atoms with E-state index in [9.17, 15) is 5.11 Å². The van der Waals surface area contributed by atoms with Crippen molar-refractivity contribution in [1.29, 1.82) is 0 Å². The Balaban J connectivity index is 1.29. The third-order valence-corrected chi connectivity index (χ3v) is 7.61. The van der Waals surface area contributed by atoms with Crippen LogP contribution in [0.4, 0.5) is 0 Å². The minimum Gasteiger partial charge on any atom is -0.390 e. The highest BCUT2D eigenvalue weighted by atomic mass is 16.3. The molecule has 1 N–H and O–H groups in total. The van der Waals surface area contributed by atoms with Crippen LogP contribution in [0.1, 0.15) is 70.3 Å². The fraction of sp³-hybridized carbons (Fsp3) is 0.750. The molecule has 3 aliphatic rings. The average Bonchev–Trinajstić information content (AvgIpc) is 2.70. The first-order valence-corrected chi connectivity index (χ1v) is 11.3. The normalized spacial score (nSPS) is 35.7. The Morgan fingerprint density at radius 1 is 1.04 bits per heavy atom. The van der Waals surface area contributed by atoms with Crippen molar-refractivity contribution in [1.82, 2.24) is 9.80 Å². The minimum absolute atomic E-state index is 0.265. The molecular weight excluding hydrogens is 332 g/mol. The van der Waals surface area contributed by atoms with Crippen molar-refractivity contribution >= 4 is 0 Å². The summed E-state index contributed by atoms with van der Waals surface area (Å²) in [6, 6.07) is 11.6. The van der Waals surface area contributed by atoms with E-state index in [2.05, 4.69) is 47.1 Å². The van der Waals surface area contributed by atoms with E-state index in [-0.39, 0.29) is 5.41 Å². The van der Waals surface area contributed by atoms with Crippen molar-refractivity contribution < 1.29 is 5.11 Å². The third-order valence-electron chi connectivity index (χ3n) is 7.61. The first kappa shape index (κ1) is 19.4. The summed E-state index contributed by atoms with van der Waals surface area (Å²) < 4.78 is 0. The van der Waals surface area contributed by atoms with Crippen LogP contribution in [0, 0.1) is 0 Å². The van der Waals surface area contributed by atoms with Crippen LogP contribution in [-0.4, -0.2) is 59.3 Å². The summed E-state index contributed by atoms with van der Waals surface area (Å²) in [5.41, 5.74) is 1.32. The van der Waals surface area contributed by atoms with Gasteiger partial charge in [-0.15, -0.1) is 0 Å². The van der Waals surface area contributed by atoms with Crippen LogP contribution >= 0.6 is 0 Å². The monoisotopic (exact) mass is 370 g/mol. The van der Waals surface area contributed by atoms with Crippen molar-refractivity contribution in [2.45, 2.75) is 81.8 Å². The summed E-state index contributed by atoms with van der Waals surface area (Å²) in [5.74, 6) is 0. The molecule has 27 heavy (non-hydrogen) atoms. The molecule has 0 amide bonds. The number of piperidine rings is 3. The number of benzene rings is 1. The van der Waals surface area contributed by atoms with Gasteiger partial charge in [0.1, 0.15) is 0 Å². The summed E-state index contributed by atoms with van der Waals surface area (Å²) in [4.78, 5) is 5.28. The molecule has 0 spiro atoms. The lowest BCUT2D eigenvalue weighted by Crippen LogP contribution is -2.57. The molecule has 3 aliphatic heterocycles. The Kier molecular flexibility index (Phi) is 5.92. The van der Waals surface area contributed by atoms with Gasteiger partial charge in [-0.2, -0.15) is 0 Å². The third kappa shape index (κ3) is 4.58. The van der Waals surface area contributed by atoms with Crippen molar-refractivity contribution in [3.63, 3.8) is 0 Å². The van der Waals surface area contributed by atoms with Gasteiger partial charge in [-0.1, -0.05) is 43.7 Å². The zero-order valence-electron chi connectivity index (χ0n) is 17.2. The Morgan fingerprint density at radius 2 is 1.81 bits per heavy atom. The van der Waals surface area contributed by atoms with Gasteiger partial charge in [0.2, 0.25) is 0 Å². The number of likely N-dealkylation sites (tertiary alicyclic amines) is 1. The smallest absolute Gasteiger partial charge is 0.0675 e. The molecule has 4 rings (SSSR count). The molecule has 0 saturated carbocycles. The van der Waals surface area contributed by atoms with E-state index in [1.807, 2.05) is 0 Å². The lowest BCUT2D eigenvalue weighted by atomic mass is 9.70. The van der Waals surface area contributed by atoms with E-state index in [1.54, 1.807) is 0 Å².